The first-order valence-electron chi connectivity index (χ1n) is 5.66. The first-order chi connectivity index (χ1) is 7.17. The first kappa shape index (κ1) is 12.9. The average Bonchev–Trinajstić information content (AvgIpc) is 2.24. The van der Waals surface area contributed by atoms with Gasteiger partial charge in [-0.1, -0.05) is 0 Å². The Hall–Kier alpha value is -0.160. The zero-order chi connectivity index (χ0) is 11.3. The fraction of sp³-hybridized carbons (Fsp3) is 1.00. The molecular weight excluding hydrogens is 194 g/mol. The molecule has 0 aromatic carbocycles. The maximum atomic E-state index is 9.11. The SMILES string of the molecule is COCCC(C)N1CC(C)OC(CO)C1. The molecule has 1 aliphatic heterocycles. The van der Waals surface area contributed by atoms with E-state index in [-0.39, 0.29) is 18.8 Å². The molecule has 0 aliphatic carbocycles. The quantitative estimate of drug-likeness (QED) is 0.728. The molecule has 0 aromatic rings. The van der Waals surface area contributed by atoms with Crippen molar-refractivity contribution in [2.24, 2.45) is 0 Å². The molecule has 0 amide bonds. The third-order valence-electron chi connectivity index (χ3n) is 2.92. The smallest absolute Gasteiger partial charge is 0.0936 e. The number of hydrogen-bond donors (Lipinski definition) is 1. The van der Waals surface area contributed by atoms with Crippen molar-refractivity contribution in [1.82, 2.24) is 4.90 Å². The van der Waals surface area contributed by atoms with Gasteiger partial charge in [-0.05, 0) is 20.3 Å². The van der Waals surface area contributed by atoms with Crippen molar-refractivity contribution in [1.29, 1.82) is 0 Å². The van der Waals surface area contributed by atoms with E-state index in [1.54, 1.807) is 7.11 Å². The Morgan fingerprint density at radius 2 is 2.27 bits per heavy atom. The minimum atomic E-state index is -0.0289. The van der Waals surface area contributed by atoms with Crippen molar-refractivity contribution >= 4 is 0 Å². The Labute approximate surface area is 92.2 Å². The topological polar surface area (TPSA) is 41.9 Å². The van der Waals surface area contributed by atoms with E-state index in [4.69, 9.17) is 14.6 Å². The van der Waals surface area contributed by atoms with Gasteiger partial charge in [0.05, 0.1) is 18.8 Å². The molecule has 15 heavy (non-hydrogen) atoms. The average molecular weight is 217 g/mol. The number of morpholine rings is 1. The van der Waals surface area contributed by atoms with Crippen LogP contribution >= 0.6 is 0 Å². The van der Waals surface area contributed by atoms with Gasteiger partial charge in [-0.15, -0.1) is 0 Å². The summed E-state index contributed by atoms with van der Waals surface area (Å²) in [4.78, 5) is 2.37. The molecule has 0 spiro atoms. The van der Waals surface area contributed by atoms with Crippen LogP contribution in [0.15, 0.2) is 0 Å². The monoisotopic (exact) mass is 217 g/mol. The third kappa shape index (κ3) is 4.07. The van der Waals surface area contributed by atoms with Crippen molar-refractivity contribution in [2.75, 3.05) is 33.4 Å². The van der Waals surface area contributed by atoms with Crippen LogP contribution in [0.4, 0.5) is 0 Å². The van der Waals surface area contributed by atoms with E-state index < -0.39 is 0 Å². The van der Waals surface area contributed by atoms with E-state index in [9.17, 15) is 0 Å². The van der Waals surface area contributed by atoms with Crippen molar-refractivity contribution in [2.45, 2.75) is 38.5 Å². The van der Waals surface area contributed by atoms with Gasteiger partial charge >= 0.3 is 0 Å². The highest BCUT2D eigenvalue weighted by molar-refractivity contribution is 4.79. The number of nitrogens with zero attached hydrogens (tertiary/aromatic N) is 1. The number of methoxy groups -OCH3 is 1. The van der Waals surface area contributed by atoms with Crippen LogP contribution in [0, 0.1) is 0 Å². The van der Waals surface area contributed by atoms with Crippen molar-refractivity contribution in [3.8, 4) is 0 Å². The van der Waals surface area contributed by atoms with E-state index >= 15 is 0 Å². The highest BCUT2D eigenvalue weighted by Crippen LogP contribution is 2.15. The van der Waals surface area contributed by atoms with Crippen LogP contribution in [0.5, 0.6) is 0 Å². The molecule has 0 saturated carbocycles. The Kier molecular flexibility index (Phi) is 5.53. The molecular formula is C11H23NO3. The second-order valence-corrected chi connectivity index (χ2v) is 4.34. The standard InChI is InChI=1S/C11H23NO3/c1-9(4-5-14-3)12-6-10(2)15-11(7-12)8-13/h9-11,13H,4-8H2,1-3H3. The predicted molar refractivity (Wildman–Crippen MR) is 58.9 cm³/mol. The molecule has 3 unspecified atom stereocenters. The first-order valence-corrected chi connectivity index (χ1v) is 5.66. The van der Waals surface area contributed by atoms with Gasteiger partial charge in [-0.25, -0.2) is 0 Å². The number of aliphatic hydroxyl groups is 1. The summed E-state index contributed by atoms with van der Waals surface area (Å²) < 4.78 is 10.7. The molecule has 1 rings (SSSR count). The van der Waals surface area contributed by atoms with Crippen molar-refractivity contribution in [3.05, 3.63) is 0 Å². The summed E-state index contributed by atoms with van der Waals surface area (Å²) in [5.74, 6) is 0. The summed E-state index contributed by atoms with van der Waals surface area (Å²) in [6.45, 7) is 6.92. The van der Waals surface area contributed by atoms with Crippen LogP contribution in [0.25, 0.3) is 0 Å². The van der Waals surface area contributed by atoms with Gasteiger partial charge in [-0.2, -0.15) is 0 Å². The minimum absolute atomic E-state index is 0.0289. The molecule has 4 heteroatoms. The molecule has 1 saturated heterocycles. The van der Waals surface area contributed by atoms with Crippen molar-refractivity contribution < 1.29 is 14.6 Å². The van der Waals surface area contributed by atoms with Crippen LogP contribution in [0.3, 0.4) is 0 Å². The van der Waals surface area contributed by atoms with Gasteiger partial charge in [0.25, 0.3) is 0 Å². The number of rotatable bonds is 5. The lowest BCUT2D eigenvalue weighted by Crippen LogP contribution is -2.51. The van der Waals surface area contributed by atoms with Crippen LogP contribution in [-0.4, -0.2) is 61.7 Å². The van der Waals surface area contributed by atoms with E-state index in [2.05, 4.69) is 18.7 Å². The summed E-state index contributed by atoms with van der Waals surface area (Å²) in [7, 11) is 1.73. The number of ether oxygens (including phenoxy) is 2. The second kappa shape index (κ2) is 6.43. The fourth-order valence-corrected chi connectivity index (χ4v) is 2.01. The fourth-order valence-electron chi connectivity index (χ4n) is 2.01. The summed E-state index contributed by atoms with van der Waals surface area (Å²) in [6.07, 6.45) is 1.21. The highest BCUT2D eigenvalue weighted by atomic mass is 16.5. The van der Waals surface area contributed by atoms with E-state index in [0.29, 0.717) is 6.04 Å². The Balaban J connectivity index is 2.38. The lowest BCUT2D eigenvalue weighted by molar-refractivity contribution is -0.105. The van der Waals surface area contributed by atoms with Crippen LogP contribution in [0.2, 0.25) is 0 Å². The van der Waals surface area contributed by atoms with Crippen LogP contribution < -0.4 is 0 Å². The highest BCUT2D eigenvalue weighted by Gasteiger charge is 2.27. The van der Waals surface area contributed by atoms with Gasteiger partial charge in [0, 0.05) is 32.8 Å². The van der Waals surface area contributed by atoms with Crippen molar-refractivity contribution in [3.63, 3.8) is 0 Å². The van der Waals surface area contributed by atoms with Gasteiger partial charge in [0.1, 0.15) is 0 Å². The summed E-state index contributed by atoms with van der Waals surface area (Å²) in [5, 5.41) is 9.11. The number of hydrogen-bond acceptors (Lipinski definition) is 4. The Morgan fingerprint density at radius 1 is 1.53 bits per heavy atom. The zero-order valence-corrected chi connectivity index (χ0v) is 9.98. The molecule has 1 aliphatic rings. The molecule has 1 N–H and O–H groups in total. The molecule has 4 nitrogen and oxygen atoms in total. The molecule has 0 radical (unpaired) electrons. The molecule has 3 atom stereocenters. The van der Waals surface area contributed by atoms with E-state index in [0.717, 1.165) is 26.1 Å². The Morgan fingerprint density at radius 3 is 2.87 bits per heavy atom. The second-order valence-electron chi connectivity index (χ2n) is 4.34. The third-order valence-corrected chi connectivity index (χ3v) is 2.92. The normalized spacial score (nSPS) is 30.4. The van der Waals surface area contributed by atoms with Crippen LogP contribution in [-0.2, 0) is 9.47 Å². The molecule has 1 fully saturated rings. The van der Waals surface area contributed by atoms with E-state index in [1.165, 1.54) is 0 Å². The van der Waals surface area contributed by atoms with E-state index in [1.807, 2.05) is 0 Å². The molecule has 90 valence electrons. The van der Waals surface area contributed by atoms with Gasteiger partial charge in [0.15, 0.2) is 0 Å². The van der Waals surface area contributed by atoms with Gasteiger partial charge in [0.2, 0.25) is 0 Å². The lowest BCUT2D eigenvalue weighted by atomic mass is 10.1. The summed E-state index contributed by atoms with van der Waals surface area (Å²) >= 11 is 0. The van der Waals surface area contributed by atoms with Gasteiger partial charge < -0.3 is 14.6 Å². The number of aliphatic hydroxyl groups excluding tert-OH is 1. The summed E-state index contributed by atoms with van der Waals surface area (Å²) in [5.41, 5.74) is 0. The lowest BCUT2D eigenvalue weighted by Gasteiger charge is -2.39. The minimum Gasteiger partial charge on any atom is -0.394 e. The summed E-state index contributed by atoms with van der Waals surface area (Å²) in [6, 6.07) is 0.491. The Bertz CT molecular complexity index is 177. The van der Waals surface area contributed by atoms with Crippen LogP contribution in [0.1, 0.15) is 20.3 Å². The largest absolute Gasteiger partial charge is 0.394 e. The molecule has 0 bridgehead atoms. The maximum absolute atomic E-state index is 9.11. The molecule has 0 aromatic heterocycles. The molecule has 1 heterocycles. The predicted octanol–water partition coefficient (Wildman–Crippen LogP) is 0.493. The van der Waals surface area contributed by atoms with Gasteiger partial charge in [-0.3, -0.25) is 4.90 Å². The zero-order valence-electron chi connectivity index (χ0n) is 9.98. The maximum Gasteiger partial charge on any atom is 0.0936 e.